The van der Waals surface area contributed by atoms with Crippen LogP contribution in [-0.2, 0) is 14.3 Å². The Kier molecular flexibility index (Phi) is 25.3. The molecule has 0 rings (SSSR count). The van der Waals surface area contributed by atoms with Crippen LogP contribution in [0.4, 0.5) is 0 Å². The highest BCUT2D eigenvalue weighted by Crippen LogP contribution is 2.16. The Bertz CT molecular complexity index is 647. The minimum absolute atomic E-state index is 0. The molecule has 0 saturated heterocycles. The van der Waals surface area contributed by atoms with Gasteiger partial charge in [-0.15, -0.1) is 0 Å². The quantitative estimate of drug-likeness (QED) is 0.0628. The van der Waals surface area contributed by atoms with Gasteiger partial charge in [0.1, 0.15) is 6.54 Å². The summed E-state index contributed by atoms with van der Waals surface area (Å²) in [5.74, 6) is -1.54. The van der Waals surface area contributed by atoms with Crippen molar-refractivity contribution in [2.75, 3.05) is 27.6 Å². The molecule has 39 heavy (non-hydrogen) atoms. The number of quaternary nitrogens is 1. The number of carbonyl (C=O) groups is 2. The number of esters is 1. The molecule has 1 N–H and O–H groups in total. The number of halogens is 1. The van der Waals surface area contributed by atoms with Crippen molar-refractivity contribution in [3.8, 4) is 0 Å². The molecule has 0 amide bonds. The van der Waals surface area contributed by atoms with E-state index >= 15 is 0 Å². The minimum Gasteiger partial charge on any atom is -1.00 e. The lowest BCUT2D eigenvalue weighted by atomic mass is 10.0. The van der Waals surface area contributed by atoms with E-state index in [-0.39, 0.29) is 31.8 Å². The maximum atomic E-state index is 12.2. The third-order valence-electron chi connectivity index (χ3n) is 7.34. The molecule has 0 aromatic heterocycles. The number of unbranched alkanes of at least 4 members (excludes halogenated alkanes) is 22. The first-order chi connectivity index (χ1) is 19.5. The lowest BCUT2D eigenvalue weighted by Gasteiger charge is -2.28. The third kappa shape index (κ3) is 33.3. The van der Waals surface area contributed by atoms with Gasteiger partial charge in [0, 0.05) is 6.42 Å². The Morgan fingerprint density at radius 2 is 1.00 bits per heavy atom. The van der Waals surface area contributed by atoms with Crippen molar-refractivity contribution < 1.29 is 40.4 Å². The summed E-state index contributed by atoms with van der Waals surface area (Å²) >= 11 is 0. The fourth-order valence-electron chi connectivity index (χ4n) is 5.15. The molecule has 0 saturated carbocycles. The van der Waals surface area contributed by atoms with Gasteiger partial charge in [0.15, 0.2) is 6.10 Å². The van der Waals surface area contributed by atoms with Crippen LogP contribution in [0, 0.1) is 0 Å². The van der Waals surface area contributed by atoms with E-state index in [0.717, 1.165) is 19.3 Å². The fraction of sp³-hybridized carbons (Fsp3) is 0.939. The van der Waals surface area contributed by atoms with E-state index in [1.807, 2.05) is 0 Å². The van der Waals surface area contributed by atoms with E-state index < -0.39 is 29.5 Å². The highest BCUT2D eigenvalue weighted by Gasteiger charge is 2.24. The smallest absolute Gasteiger partial charge is 0.307 e. The lowest BCUT2D eigenvalue weighted by molar-refractivity contribution is -0.873. The van der Waals surface area contributed by atoms with Crippen molar-refractivity contribution >= 4 is 11.9 Å². The predicted molar refractivity (Wildman–Crippen MR) is 162 cm³/mol. The monoisotopic (exact) mass is 578 g/mol. The summed E-state index contributed by atoms with van der Waals surface area (Å²) in [6.07, 6.45) is 29.2. The highest BCUT2D eigenvalue weighted by atomic mass is 35.5. The van der Waals surface area contributed by atoms with Gasteiger partial charge < -0.3 is 26.7 Å². The maximum absolute atomic E-state index is 12.2. The summed E-state index contributed by atoms with van der Waals surface area (Å²) < 4.78 is 27.8. The summed E-state index contributed by atoms with van der Waals surface area (Å²) in [6.45, 7) is -0.0919. The zero-order chi connectivity index (χ0) is 30.8. The standard InChI is InChI=1S/C33H65NO4.ClH/c1-5-6-7-8-9-10-11-12-13-14-15-16-17-18-19-20-21-22-23-24-25-26-27-28-33(37)38-31(29-32(35)36)30-34(2,3)4;/h31H,5-30H2,1-4H3;1H/i2D3;. The van der Waals surface area contributed by atoms with Gasteiger partial charge in [0.05, 0.1) is 31.6 Å². The van der Waals surface area contributed by atoms with Crippen LogP contribution in [0.25, 0.3) is 0 Å². The second-order valence-electron chi connectivity index (χ2n) is 12.1. The molecule has 0 radical (unpaired) electrons. The first-order valence-electron chi connectivity index (χ1n) is 17.7. The zero-order valence-corrected chi connectivity index (χ0v) is 26.7. The summed E-state index contributed by atoms with van der Waals surface area (Å²) in [5.41, 5.74) is 0. The molecule has 234 valence electrons. The van der Waals surface area contributed by atoms with Gasteiger partial charge in [-0.3, -0.25) is 9.59 Å². The van der Waals surface area contributed by atoms with E-state index in [0.29, 0.717) is 0 Å². The van der Waals surface area contributed by atoms with E-state index in [1.165, 1.54) is 143 Å². The molecule has 0 aliphatic heterocycles. The van der Waals surface area contributed by atoms with Crippen molar-refractivity contribution in [1.82, 2.24) is 0 Å². The number of ether oxygens (including phenoxy) is 1. The zero-order valence-electron chi connectivity index (χ0n) is 29.0. The molecule has 0 aliphatic rings. The van der Waals surface area contributed by atoms with Crippen LogP contribution in [0.5, 0.6) is 0 Å². The number of nitrogens with zero attached hydrogens (tertiary/aromatic N) is 1. The van der Waals surface area contributed by atoms with Crippen LogP contribution < -0.4 is 12.4 Å². The molecular weight excluding hydrogens is 510 g/mol. The van der Waals surface area contributed by atoms with Gasteiger partial charge in [-0.2, -0.15) is 0 Å². The number of carboxylic acid groups (broad SMARTS) is 1. The minimum atomic E-state index is -2.31. The lowest BCUT2D eigenvalue weighted by Crippen LogP contribution is -3.00. The van der Waals surface area contributed by atoms with Gasteiger partial charge in [-0.1, -0.05) is 148 Å². The normalized spacial score (nSPS) is 13.7. The first kappa shape index (κ1) is 34.4. The topological polar surface area (TPSA) is 63.6 Å². The second-order valence-corrected chi connectivity index (χ2v) is 12.1. The third-order valence-corrected chi connectivity index (χ3v) is 7.34. The summed E-state index contributed by atoms with van der Waals surface area (Å²) in [6, 6.07) is 0. The number of carboxylic acids is 1. The van der Waals surface area contributed by atoms with E-state index in [2.05, 4.69) is 6.92 Å². The number of hydrogen-bond acceptors (Lipinski definition) is 3. The summed E-state index contributed by atoms with van der Waals surface area (Å²) in [7, 11) is 2.99. The molecule has 0 aromatic carbocycles. The van der Waals surface area contributed by atoms with Crippen LogP contribution in [0.3, 0.4) is 0 Å². The molecule has 0 spiro atoms. The summed E-state index contributed by atoms with van der Waals surface area (Å²) in [4.78, 5) is 23.4. The number of aliphatic carboxylic acids is 1. The Labute approximate surface area is 253 Å². The van der Waals surface area contributed by atoms with Crippen molar-refractivity contribution in [3.63, 3.8) is 0 Å². The van der Waals surface area contributed by atoms with Gasteiger partial charge in [0.25, 0.3) is 0 Å². The maximum Gasteiger partial charge on any atom is 0.307 e. The Morgan fingerprint density at radius 1 is 0.667 bits per heavy atom. The number of rotatable bonds is 29. The van der Waals surface area contributed by atoms with E-state index in [4.69, 9.17) is 14.0 Å². The molecule has 1 atom stereocenters. The summed E-state index contributed by atoms with van der Waals surface area (Å²) in [5, 5.41) is 9.12. The van der Waals surface area contributed by atoms with Crippen LogP contribution in [0.2, 0.25) is 0 Å². The van der Waals surface area contributed by atoms with E-state index in [9.17, 15) is 9.59 Å². The van der Waals surface area contributed by atoms with Crippen LogP contribution in [-0.4, -0.2) is 55.2 Å². The molecule has 0 aromatic rings. The SMILES string of the molecule is [2H]C([2H])([2H])[N+](C)(C)CC(CC(=O)O)OC(=O)CCCCCCCCCCCCCCCCCCCCCCCCC.[Cl-]. The molecule has 5 nitrogen and oxygen atoms in total. The molecule has 0 fully saturated rings. The van der Waals surface area contributed by atoms with Gasteiger partial charge in [-0.25, -0.2) is 0 Å². The van der Waals surface area contributed by atoms with Gasteiger partial charge in [0.2, 0.25) is 0 Å². The molecule has 0 heterocycles. The van der Waals surface area contributed by atoms with Gasteiger partial charge >= 0.3 is 11.9 Å². The molecular formula is C33H66ClNO4. The largest absolute Gasteiger partial charge is 1.00 e. The average Bonchev–Trinajstić information content (AvgIpc) is 2.87. The fourth-order valence-corrected chi connectivity index (χ4v) is 5.15. The Balaban J connectivity index is 0. The number of hydrogen-bond donors (Lipinski definition) is 1. The molecule has 0 bridgehead atoms. The van der Waals surface area contributed by atoms with Gasteiger partial charge in [-0.05, 0) is 6.42 Å². The molecule has 0 aliphatic carbocycles. The number of likely N-dealkylation sites (N-methyl/N-ethyl adjacent to an activating group) is 1. The van der Waals surface area contributed by atoms with E-state index in [1.54, 1.807) is 0 Å². The van der Waals surface area contributed by atoms with Crippen LogP contribution >= 0.6 is 0 Å². The van der Waals surface area contributed by atoms with Crippen molar-refractivity contribution in [3.05, 3.63) is 0 Å². The van der Waals surface area contributed by atoms with Crippen molar-refractivity contribution in [2.45, 2.75) is 174 Å². The predicted octanol–water partition coefficient (Wildman–Crippen LogP) is 6.47. The number of carbonyl (C=O) groups excluding carboxylic acids is 1. The van der Waals surface area contributed by atoms with Crippen LogP contribution in [0.1, 0.15) is 172 Å². The van der Waals surface area contributed by atoms with Crippen molar-refractivity contribution in [2.24, 2.45) is 0 Å². The Hall–Kier alpha value is -0.810. The highest BCUT2D eigenvalue weighted by molar-refractivity contribution is 5.71. The molecule has 1 unspecified atom stereocenters. The average molecular weight is 579 g/mol. The van der Waals surface area contributed by atoms with Crippen LogP contribution in [0.15, 0.2) is 0 Å². The Morgan fingerprint density at radius 3 is 1.31 bits per heavy atom. The molecule has 6 heteroatoms. The van der Waals surface area contributed by atoms with Crippen molar-refractivity contribution in [1.29, 1.82) is 0 Å². The first-order valence-corrected chi connectivity index (χ1v) is 16.2. The second kappa shape index (κ2) is 28.7.